The minimum atomic E-state index is 0.588. The van der Waals surface area contributed by atoms with Crippen molar-refractivity contribution in [3.05, 3.63) is 41.6 Å². The van der Waals surface area contributed by atoms with Crippen LogP contribution >= 0.6 is 0 Å². The van der Waals surface area contributed by atoms with Crippen molar-refractivity contribution in [1.82, 2.24) is 4.98 Å². The van der Waals surface area contributed by atoms with Crippen molar-refractivity contribution in [2.24, 2.45) is 11.7 Å². The molecular formula is C15H20N2. The maximum Gasteiger partial charge on any atom is 0.0702 e. The summed E-state index contributed by atoms with van der Waals surface area (Å²) in [7, 11) is 0. The van der Waals surface area contributed by atoms with E-state index in [1.807, 2.05) is 6.20 Å². The molecule has 2 aromatic rings. The summed E-state index contributed by atoms with van der Waals surface area (Å²) in [5, 5.41) is 1.23. The maximum atomic E-state index is 5.76. The van der Waals surface area contributed by atoms with E-state index in [0.29, 0.717) is 5.92 Å². The van der Waals surface area contributed by atoms with Crippen molar-refractivity contribution >= 4 is 10.9 Å². The molecule has 2 heteroatoms. The van der Waals surface area contributed by atoms with Gasteiger partial charge in [0.05, 0.1) is 5.52 Å². The number of benzene rings is 1. The molecule has 1 unspecified atom stereocenters. The van der Waals surface area contributed by atoms with Crippen molar-refractivity contribution < 1.29 is 0 Å². The Morgan fingerprint density at radius 1 is 1.29 bits per heavy atom. The summed E-state index contributed by atoms with van der Waals surface area (Å²) in [4.78, 5) is 4.42. The Labute approximate surface area is 103 Å². The molecule has 1 aromatic carbocycles. The predicted octanol–water partition coefficient (Wildman–Crippen LogP) is 3.07. The van der Waals surface area contributed by atoms with Crippen LogP contribution in [0.4, 0.5) is 0 Å². The third-order valence-corrected chi connectivity index (χ3v) is 3.32. The molecule has 0 fully saturated rings. The van der Waals surface area contributed by atoms with Gasteiger partial charge in [0.15, 0.2) is 0 Å². The number of hydrogen-bond acceptors (Lipinski definition) is 2. The van der Waals surface area contributed by atoms with Gasteiger partial charge in [-0.2, -0.15) is 0 Å². The molecule has 90 valence electrons. The highest BCUT2D eigenvalue weighted by Crippen LogP contribution is 2.18. The quantitative estimate of drug-likeness (QED) is 0.873. The SMILES string of the molecule is CCC(CN)Cc1ccc2ncc(C)cc2c1. The van der Waals surface area contributed by atoms with Crippen LogP contribution in [0.25, 0.3) is 10.9 Å². The number of aromatic nitrogens is 1. The zero-order valence-corrected chi connectivity index (χ0v) is 10.6. The highest BCUT2D eigenvalue weighted by Gasteiger charge is 2.06. The van der Waals surface area contributed by atoms with Gasteiger partial charge in [0.2, 0.25) is 0 Å². The Hall–Kier alpha value is -1.41. The fourth-order valence-electron chi connectivity index (χ4n) is 2.15. The molecule has 2 nitrogen and oxygen atoms in total. The molecule has 2 N–H and O–H groups in total. The van der Waals surface area contributed by atoms with E-state index in [-0.39, 0.29) is 0 Å². The summed E-state index contributed by atoms with van der Waals surface area (Å²) < 4.78 is 0. The first-order chi connectivity index (χ1) is 8.22. The van der Waals surface area contributed by atoms with Crippen LogP contribution in [-0.4, -0.2) is 11.5 Å². The van der Waals surface area contributed by atoms with Crippen LogP contribution in [0.1, 0.15) is 24.5 Å². The van der Waals surface area contributed by atoms with E-state index in [1.165, 1.54) is 16.5 Å². The lowest BCUT2D eigenvalue weighted by Gasteiger charge is -2.12. The van der Waals surface area contributed by atoms with Gasteiger partial charge in [-0.25, -0.2) is 0 Å². The molecule has 1 atom stereocenters. The molecule has 17 heavy (non-hydrogen) atoms. The maximum absolute atomic E-state index is 5.76. The largest absolute Gasteiger partial charge is 0.330 e. The van der Waals surface area contributed by atoms with Crippen molar-refractivity contribution in [2.75, 3.05) is 6.54 Å². The number of pyridine rings is 1. The topological polar surface area (TPSA) is 38.9 Å². The molecule has 0 aliphatic rings. The molecule has 0 saturated heterocycles. The summed E-state index contributed by atoms with van der Waals surface area (Å²) in [5.41, 5.74) is 9.40. The lowest BCUT2D eigenvalue weighted by atomic mass is 9.96. The van der Waals surface area contributed by atoms with Gasteiger partial charge in [-0.05, 0) is 55.1 Å². The van der Waals surface area contributed by atoms with Gasteiger partial charge in [-0.3, -0.25) is 4.98 Å². The average Bonchev–Trinajstić information content (AvgIpc) is 2.35. The van der Waals surface area contributed by atoms with E-state index in [4.69, 9.17) is 5.73 Å². The highest BCUT2D eigenvalue weighted by molar-refractivity contribution is 5.79. The van der Waals surface area contributed by atoms with Gasteiger partial charge in [0, 0.05) is 11.6 Å². The zero-order chi connectivity index (χ0) is 12.3. The lowest BCUT2D eigenvalue weighted by Crippen LogP contribution is -2.15. The minimum Gasteiger partial charge on any atom is -0.330 e. The van der Waals surface area contributed by atoms with Gasteiger partial charge in [-0.15, -0.1) is 0 Å². The number of rotatable bonds is 4. The second-order valence-corrected chi connectivity index (χ2v) is 4.75. The van der Waals surface area contributed by atoms with E-state index in [0.717, 1.165) is 24.9 Å². The molecule has 1 aromatic heterocycles. The van der Waals surface area contributed by atoms with Gasteiger partial charge in [0.1, 0.15) is 0 Å². The highest BCUT2D eigenvalue weighted by atomic mass is 14.6. The Balaban J connectivity index is 2.30. The fourth-order valence-corrected chi connectivity index (χ4v) is 2.15. The van der Waals surface area contributed by atoms with Crippen molar-refractivity contribution in [3.8, 4) is 0 Å². The first-order valence-corrected chi connectivity index (χ1v) is 6.28. The van der Waals surface area contributed by atoms with Gasteiger partial charge >= 0.3 is 0 Å². The molecule has 2 rings (SSSR count). The summed E-state index contributed by atoms with van der Waals surface area (Å²) >= 11 is 0. The molecule has 0 amide bonds. The molecule has 0 radical (unpaired) electrons. The van der Waals surface area contributed by atoms with E-state index < -0.39 is 0 Å². The average molecular weight is 228 g/mol. The molecule has 0 spiro atoms. The fraction of sp³-hybridized carbons (Fsp3) is 0.400. The second kappa shape index (κ2) is 5.28. The number of nitrogens with two attached hydrogens (primary N) is 1. The first kappa shape index (κ1) is 12.1. The van der Waals surface area contributed by atoms with Crippen LogP contribution in [0.3, 0.4) is 0 Å². The molecule has 0 aliphatic carbocycles. The third kappa shape index (κ3) is 2.83. The van der Waals surface area contributed by atoms with Crippen LogP contribution in [0, 0.1) is 12.8 Å². The Kier molecular flexibility index (Phi) is 3.75. The second-order valence-electron chi connectivity index (χ2n) is 4.75. The minimum absolute atomic E-state index is 0.588. The van der Waals surface area contributed by atoms with Crippen molar-refractivity contribution in [2.45, 2.75) is 26.7 Å². The first-order valence-electron chi connectivity index (χ1n) is 6.28. The Morgan fingerprint density at radius 3 is 2.82 bits per heavy atom. The lowest BCUT2D eigenvalue weighted by molar-refractivity contribution is 0.519. The smallest absolute Gasteiger partial charge is 0.0702 e. The van der Waals surface area contributed by atoms with Crippen LogP contribution < -0.4 is 5.73 Å². The normalized spacial score (nSPS) is 12.9. The van der Waals surface area contributed by atoms with Crippen LogP contribution in [-0.2, 0) is 6.42 Å². The van der Waals surface area contributed by atoms with E-state index >= 15 is 0 Å². The van der Waals surface area contributed by atoms with E-state index in [1.54, 1.807) is 0 Å². The summed E-state index contributed by atoms with van der Waals surface area (Å²) in [6.45, 7) is 5.04. The van der Waals surface area contributed by atoms with Crippen LogP contribution in [0.2, 0.25) is 0 Å². The molecular weight excluding hydrogens is 208 g/mol. The predicted molar refractivity (Wildman–Crippen MR) is 73.0 cm³/mol. The number of fused-ring (bicyclic) bond motifs is 1. The Morgan fingerprint density at radius 2 is 2.12 bits per heavy atom. The monoisotopic (exact) mass is 228 g/mol. The zero-order valence-electron chi connectivity index (χ0n) is 10.6. The number of hydrogen-bond donors (Lipinski definition) is 1. The van der Waals surface area contributed by atoms with Gasteiger partial charge in [0.25, 0.3) is 0 Å². The standard InChI is InChI=1S/C15H20N2/c1-3-12(9-16)7-13-4-5-15-14(8-13)6-11(2)10-17-15/h4-6,8,10,12H,3,7,9,16H2,1-2H3. The molecule has 1 heterocycles. The molecule has 0 aliphatic heterocycles. The van der Waals surface area contributed by atoms with Gasteiger partial charge < -0.3 is 5.73 Å². The third-order valence-electron chi connectivity index (χ3n) is 3.32. The summed E-state index contributed by atoms with van der Waals surface area (Å²) in [5.74, 6) is 0.588. The summed E-state index contributed by atoms with van der Waals surface area (Å²) in [6, 6.07) is 8.71. The summed E-state index contributed by atoms with van der Waals surface area (Å²) in [6.07, 6.45) is 4.12. The number of nitrogens with zero attached hydrogens (tertiary/aromatic N) is 1. The molecule has 0 bridgehead atoms. The van der Waals surface area contributed by atoms with Crippen molar-refractivity contribution in [3.63, 3.8) is 0 Å². The van der Waals surface area contributed by atoms with Crippen LogP contribution in [0.5, 0.6) is 0 Å². The van der Waals surface area contributed by atoms with E-state index in [2.05, 4.69) is 43.1 Å². The Bertz CT molecular complexity index is 501. The van der Waals surface area contributed by atoms with Crippen LogP contribution in [0.15, 0.2) is 30.5 Å². The van der Waals surface area contributed by atoms with E-state index in [9.17, 15) is 0 Å². The number of aryl methyl sites for hydroxylation is 1. The van der Waals surface area contributed by atoms with Gasteiger partial charge in [-0.1, -0.05) is 19.4 Å². The molecule has 0 saturated carbocycles. The van der Waals surface area contributed by atoms with Crippen molar-refractivity contribution in [1.29, 1.82) is 0 Å².